The van der Waals surface area contributed by atoms with Crippen LogP contribution >= 0.6 is 44.2 Å². The molecule has 0 aliphatic carbocycles. The highest BCUT2D eigenvalue weighted by Crippen LogP contribution is 2.16. The fourth-order valence-corrected chi connectivity index (χ4v) is 1.84. The van der Waals surface area contributed by atoms with Crippen LogP contribution in [0.3, 0.4) is 0 Å². The van der Waals surface area contributed by atoms with E-state index in [2.05, 4.69) is 27.5 Å². The lowest BCUT2D eigenvalue weighted by atomic mass is 10.4. The predicted octanol–water partition coefficient (Wildman–Crippen LogP) is 3.26. The van der Waals surface area contributed by atoms with Crippen molar-refractivity contribution in [2.75, 3.05) is 0 Å². The summed E-state index contributed by atoms with van der Waals surface area (Å²) in [5.74, 6) is 0. The minimum absolute atomic E-state index is 0. The zero-order valence-corrected chi connectivity index (χ0v) is 9.33. The summed E-state index contributed by atoms with van der Waals surface area (Å²) in [5.41, 5.74) is 2.82. The molecule has 56 valence electrons. The van der Waals surface area contributed by atoms with E-state index in [0.29, 0.717) is 0 Å². The van der Waals surface area contributed by atoms with Gasteiger partial charge in [-0.1, -0.05) is 22.5 Å². The third kappa shape index (κ3) is 2.18. The lowest BCUT2D eigenvalue weighted by Crippen LogP contribution is -1.74. The number of thiazole rings is 1. The van der Waals surface area contributed by atoms with Crippen molar-refractivity contribution in [2.24, 2.45) is 0 Å². The van der Waals surface area contributed by atoms with Crippen LogP contribution in [0.5, 0.6) is 0 Å². The molecule has 1 nitrogen and oxygen atoms in total. The summed E-state index contributed by atoms with van der Waals surface area (Å²) in [6, 6.07) is 0. The highest BCUT2D eigenvalue weighted by Gasteiger charge is 1.97. The third-order valence-corrected chi connectivity index (χ3v) is 2.77. The first-order valence-corrected chi connectivity index (χ1v) is 4.49. The maximum Gasteiger partial charge on any atom is 0.0802 e. The van der Waals surface area contributed by atoms with Crippen molar-refractivity contribution in [3.05, 3.63) is 22.7 Å². The summed E-state index contributed by atoms with van der Waals surface area (Å²) < 4.78 is 0. The molecule has 1 heterocycles. The SMILES string of the molecule is Br.C=Cc1ncsc1CBr. The van der Waals surface area contributed by atoms with Gasteiger partial charge >= 0.3 is 0 Å². The van der Waals surface area contributed by atoms with Crippen LogP contribution in [-0.4, -0.2) is 4.98 Å². The van der Waals surface area contributed by atoms with Crippen molar-refractivity contribution in [2.45, 2.75) is 5.33 Å². The molecule has 0 atom stereocenters. The van der Waals surface area contributed by atoms with Crippen molar-refractivity contribution >= 4 is 50.3 Å². The Balaban J connectivity index is 0.000000810. The standard InChI is InChI=1S/C6H6BrNS.BrH/c1-2-5-6(3-7)9-4-8-5;/h2,4H,1,3H2;1H. The van der Waals surface area contributed by atoms with Gasteiger partial charge in [0, 0.05) is 10.2 Å². The molecule has 0 amide bonds. The molecule has 0 fully saturated rings. The number of hydrogen-bond donors (Lipinski definition) is 0. The van der Waals surface area contributed by atoms with E-state index in [1.165, 1.54) is 4.88 Å². The average molecular weight is 285 g/mol. The number of rotatable bonds is 2. The Labute approximate surface area is 83.1 Å². The van der Waals surface area contributed by atoms with Gasteiger partial charge in [0.15, 0.2) is 0 Å². The van der Waals surface area contributed by atoms with Crippen LogP contribution in [0.1, 0.15) is 10.6 Å². The number of hydrogen-bond acceptors (Lipinski definition) is 2. The summed E-state index contributed by atoms with van der Waals surface area (Å²) in [7, 11) is 0. The Hall–Kier alpha value is 0.330. The first kappa shape index (κ1) is 10.3. The quantitative estimate of drug-likeness (QED) is 0.760. The second-order valence-electron chi connectivity index (χ2n) is 1.50. The summed E-state index contributed by atoms with van der Waals surface area (Å²) >= 11 is 5.00. The fourth-order valence-electron chi connectivity index (χ4n) is 0.546. The van der Waals surface area contributed by atoms with Gasteiger partial charge in [-0.3, -0.25) is 0 Å². The van der Waals surface area contributed by atoms with Crippen LogP contribution in [0.15, 0.2) is 12.1 Å². The van der Waals surface area contributed by atoms with Crippen molar-refractivity contribution in [3.63, 3.8) is 0 Å². The predicted molar refractivity (Wildman–Crippen MR) is 55.2 cm³/mol. The second kappa shape index (κ2) is 5.04. The van der Waals surface area contributed by atoms with Gasteiger partial charge in [0.25, 0.3) is 0 Å². The molecule has 4 heteroatoms. The Morgan fingerprint density at radius 2 is 2.50 bits per heavy atom. The lowest BCUT2D eigenvalue weighted by molar-refractivity contribution is 1.34. The van der Waals surface area contributed by atoms with Crippen molar-refractivity contribution in [1.29, 1.82) is 0 Å². The maximum atomic E-state index is 4.08. The summed E-state index contributed by atoms with van der Waals surface area (Å²) in [6.45, 7) is 3.64. The zero-order chi connectivity index (χ0) is 6.69. The normalized spacial score (nSPS) is 8.50. The highest BCUT2D eigenvalue weighted by atomic mass is 79.9. The molecule has 0 aliphatic heterocycles. The smallest absolute Gasteiger partial charge is 0.0802 e. The molecule has 0 saturated carbocycles. The Morgan fingerprint density at radius 1 is 1.80 bits per heavy atom. The van der Waals surface area contributed by atoms with Crippen molar-refractivity contribution in [3.8, 4) is 0 Å². The molecule has 1 rings (SSSR count). The molecule has 0 N–H and O–H groups in total. The van der Waals surface area contributed by atoms with E-state index in [4.69, 9.17) is 0 Å². The number of alkyl halides is 1. The van der Waals surface area contributed by atoms with Gasteiger partial charge in [-0.05, 0) is 6.08 Å². The van der Waals surface area contributed by atoms with Gasteiger partial charge < -0.3 is 0 Å². The van der Waals surface area contributed by atoms with Crippen LogP contribution < -0.4 is 0 Å². The first-order valence-electron chi connectivity index (χ1n) is 2.49. The molecule has 0 saturated heterocycles. The number of halogens is 2. The third-order valence-electron chi connectivity index (χ3n) is 0.987. The van der Waals surface area contributed by atoms with Crippen LogP contribution in [0.2, 0.25) is 0 Å². The summed E-state index contributed by atoms with van der Waals surface area (Å²) in [6.07, 6.45) is 1.77. The van der Waals surface area contributed by atoms with E-state index in [-0.39, 0.29) is 17.0 Å². The van der Waals surface area contributed by atoms with E-state index in [9.17, 15) is 0 Å². The van der Waals surface area contributed by atoms with Crippen LogP contribution in [0.25, 0.3) is 6.08 Å². The minimum atomic E-state index is 0. The van der Waals surface area contributed by atoms with Crippen molar-refractivity contribution in [1.82, 2.24) is 4.98 Å². The molecule has 1 aromatic rings. The van der Waals surface area contributed by atoms with E-state index < -0.39 is 0 Å². The molecule has 0 radical (unpaired) electrons. The van der Waals surface area contributed by atoms with E-state index >= 15 is 0 Å². The first-order chi connectivity index (χ1) is 4.38. The molecule has 0 aliphatic rings. The monoisotopic (exact) mass is 283 g/mol. The Morgan fingerprint density at radius 3 is 2.90 bits per heavy atom. The van der Waals surface area contributed by atoms with Crippen molar-refractivity contribution < 1.29 is 0 Å². The molecule has 10 heavy (non-hydrogen) atoms. The average Bonchev–Trinajstić information content (AvgIpc) is 2.33. The summed E-state index contributed by atoms with van der Waals surface area (Å²) in [4.78, 5) is 5.32. The van der Waals surface area contributed by atoms with E-state index in [0.717, 1.165) is 11.0 Å². The van der Waals surface area contributed by atoms with Gasteiger partial charge in [-0.25, -0.2) is 4.98 Å². The van der Waals surface area contributed by atoms with Gasteiger partial charge in [0.2, 0.25) is 0 Å². The molecule has 0 unspecified atom stereocenters. The minimum Gasteiger partial charge on any atom is -0.245 e. The van der Waals surface area contributed by atoms with Gasteiger partial charge in [0.1, 0.15) is 0 Å². The maximum absolute atomic E-state index is 4.08. The molecule has 0 spiro atoms. The lowest BCUT2D eigenvalue weighted by Gasteiger charge is -1.86. The molecule has 0 aromatic carbocycles. The fraction of sp³-hybridized carbons (Fsp3) is 0.167. The van der Waals surface area contributed by atoms with Gasteiger partial charge in [-0.15, -0.1) is 28.3 Å². The van der Waals surface area contributed by atoms with E-state index in [1.807, 2.05) is 5.51 Å². The van der Waals surface area contributed by atoms with Gasteiger partial charge in [0.05, 0.1) is 11.2 Å². The van der Waals surface area contributed by atoms with Crippen LogP contribution in [0.4, 0.5) is 0 Å². The topological polar surface area (TPSA) is 12.9 Å². The molecular weight excluding hydrogens is 278 g/mol. The van der Waals surface area contributed by atoms with Crippen LogP contribution in [-0.2, 0) is 5.33 Å². The second-order valence-corrected chi connectivity index (χ2v) is 3.00. The molecular formula is C6H7Br2NS. The molecule has 1 aromatic heterocycles. The van der Waals surface area contributed by atoms with E-state index in [1.54, 1.807) is 17.4 Å². The van der Waals surface area contributed by atoms with Crippen LogP contribution in [0, 0.1) is 0 Å². The molecule has 0 bridgehead atoms. The highest BCUT2D eigenvalue weighted by molar-refractivity contribution is 9.08. The largest absolute Gasteiger partial charge is 0.245 e. The Bertz CT molecular complexity index is 209. The Kier molecular flexibility index (Phi) is 5.21. The number of nitrogens with zero attached hydrogens (tertiary/aromatic N) is 1. The number of aromatic nitrogens is 1. The zero-order valence-electron chi connectivity index (χ0n) is 5.21. The summed E-state index contributed by atoms with van der Waals surface area (Å²) in [5, 5.41) is 0.874. The van der Waals surface area contributed by atoms with Gasteiger partial charge in [-0.2, -0.15) is 0 Å².